The Balaban J connectivity index is 1.59. The summed E-state index contributed by atoms with van der Waals surface area (Å²) in [6.07, 6.45) is 1.24. The molecule has 0 spiro atoms. The molecule has 16 nitrogen and oxygen atoms in total. The van der Waals surface area contributed by atoms with Crippen molar-refractivity contribution in [3.8, 4) is 0 Å². The van der Waals surface area contributed by atoms with Crippen molar-refractivity contribution in [2.45, 2.75) is 102 Å². The highest BCUT2D eigenvalue weighted by Crippen LogP contribution is 2.70. The molecule has 0 radical (unpaired) electrons. The first-order chi connectivity index (χ1) is 22.5. The lowest BCUT2D eigenvalue weighted by atomic mass is 9.44. The fourth-order valence-corrected chi connectivity index (χ4v) is 8.57. The van der Waals surface area contributed by atoms with E-state index < -0.39 is 87.7 Å². The number of Topliss-reactive ketones (excluding diaryl/α,β-unsaturated/α-hetero) is 1. The highest BCUT2D eigenvalue weighted by atomic mass is 19.1. The number of ether oxygens (including phenoxy) is 2. The van der Waals surface area contributed by atoms with Crippen molar-refractivity contribution in [2.24, 2.45) is 22.7 Å². The van der Waals surface area contributed by atoms with Crippen LogP contribution in [0.15, 0.2) is 23.8 Å². The number of alkyl halides is 1. The van der Waals surface area contributed by atoms with Gasteiger partial charge in [0.15, 0.2) is 18.1 Å². The topological polar surface area (TPSA) is 233 Å². The second kappa shape index (κ2) is 15.0. The minimum atomic E-state index is -2.32. The highest BCUT2D eigenvalue weighted by molar-refractivity contribution is 6.01. The molecule has 3 saturated carbocycles. The third-order valence-electron chi connectivity index (χ3n) is 10.8. The standard InChI is InChI=1S/C31H45FN2O14/c1-28-12-11-20(35)15-19(28)9-10-21-22-16-23(36)31(29(22,2)17-24(37)30(21,28)32,48-27(40)7-4-3-5-13-46-33(41)42)25(38)18-45-26(39)8-6-14-47-34(43)44/h11-12,15,21-24,36-37,41-44H,3-10,13-14,16-18H2,1-2H3/t21?,22?,23-,24+,28+,29+,30+,31+/m1/s1. The van der Waals surface area contributed by atoms with E-state index in [-0.39, 0.29) is 57.5 Å². The fourth-order valence-electron chi connectivity index (χ4n) is 8.57. The van der Waals surface area contributed by atoms with Gasteiger partial charge in [-0.05, 0) is 69.9 Å². The van der Waals surface area contributed by atoms with E-state index in [0.29, 0.717) is 24.8 Å². The molecular formula is C31H45FN2O14. The van der Waals surface area contributed by atoms with E-state index in [1.165, 1.54) is 18.2 Å². The van der Waals surface area contributed by atoms with Crippen molar-refractivity contribution in [2.75, 3.05) is 19.8 Å². The van der Waals surface area contributed by atoms with E-state index in [9.17, 15) is 29.4 Å². The Morgan fingerprint density at radius 2 is 1.56 bits per heavy atom. The van der Waals surface area contributed by atoms with Gasteiger partial charge in [-0.25, -0.2) is 4.39 Å². The maximum atomic E-state index is 17.6. The van der Waals surface area contributed by atoms with Gasteiger partial charge in [-0.15, -0.1) is 0 Å². The Hall–Kier alpha value is -2.71. The van der Waals surface area contributed by atoms with Crippen LogP contribution in [-0.2, 0) is 38.3 Å². The SMILES string of the molecule is C[C@]12C=CC(=O)C=C1CCC1C3C[C@@H](O)[C@](OC(=O)CCCCCON(O)O)(C(=O)COC(=O)CCCON(O)O)[C@@]3(C)C[C@H](O)[C@@]12F. The third kappa shape index (κ3) is 6.98. The van der Waals surface area contributed by atoms with Crippen LogP contribution >= 0.6 is 0 Å². The van der Waals surface area contributed by atoms with Crippen molar-refractivity contribution < 1.29 is 73.8 Å². The monoisotopic (exact) mass is 688 g/mol. The molecule has 270 valence electrons. The summed E-state index contributed by atoms with van der Waals surface area (Å²) in [4.78, 5) is 60.9. The molecule has 0 aromatic carbocycles. The summed E-state index contributed by atoms with van der Waals surface area (Å²) < 4.78 is 28.7. The maximum Gasteiger partial charge on any atom is 0.306 e. The quantitative estimate of drug-likeness (QED) is 0.0774. The number of nitrogens with zero attached hydrogens (tertiary/aromatic N) is 2. The van der Waals surface area contributed by atoms with Gasteiger partial charge >= 0.3 is 11.9 Å². The molecule has 8 atom stereocenters. The zero-order valence-corrected chi connectivity index (χ0v) is 27.0. The lowest BCUT2D eigenvalue weighted by molar-refractivity contribution is -0.492. The third-order valence-corrected chi connectivity index (χ3v) is 10.8. The number of fused-ring (bicyclic) bond motifs is 5. The summed E-state index contributed by atoms with van der Waals surface area (Å²) in [6, 6.07) is 0. The molecule has 0 heterocycles. The Kier molecular flexibility index (Phi) is 11.9. The summed E-state index contributed by atoms with van der Waals surface area (Å²) in [5, 5.41) is 56.9. The zero-order chi connectivity index (χ0) is 35.5. The first kappa shape index (κ1) is 38.1. The summed E-state index contributed by atoms with van der Waals surface area (Å²) >= 11 is 0. The molecule has 2 unspecified atom stereocenters. The van der Waals surface area contributed by atoms with Crippen molar-refractivity contribution >= 4 is 23.5 Å². The first-order valence-electron chi connectivity index (χ1n) is 16.0. The Morgan fingerprint density at radius 1 is 0.917 bits per heavy atom. The van der Waals surface area contributed by atoms with Crippen molar-refractivity contribution in [3.05, 3.63) is 23.8 Å². The normalized spacial score (nSPS) is 35.6. The summed E-state index contributed by atoms with van der Waals surface area (Å²) in [7, 11) is 0. The summed E-state index contributed by atoms with van der Waals surface area (Å²) in [5.74, 6) is -4.63. The Morgan fingerprint density at radius 3 is 2.23 bits per heavy atom. The molecule has 0 saturated heterocycles. The van der Waals surface area contributed by atoms with Crippen LogP contribution in [0.5, 0.6) is 0 Å². The number of esters is 2. The van der Waals surface area contributed by atoms with E-state index in [0.717, 1.165) is 0 Å². The van der Waals surface area contributed by atoms with Crippen molar-refractivity contribution in [1.29, 1.82) is 0 Å². The van der Waals surface area contributed by atoms with Crippen LogP contribution in [0.2, 0.25) is 0 Å². The number of aliphatic hydroxyl groups is 2. The van der Waals surface area contributed by atoms with Crippen LogP contribution in [0.1, 0.15) is 78.1 Å². The largest absolute Gasteiger partial charge is 0.457 e. The van der Waals surface area contributed by atoms with Gasteiger partial charge in [0.1, 0.15) is 6.10 Å². The van der Waals surface area contributed by atoms with Gasteiger partial charge in [-0.2, -0.15) is 0 Å². The Bertz CT molecular complexity index is 1290. The van der Waals surface area contributed by atoms with Crippen LogP contribution in [0.25, 0.3) is 0 Å². The smallest absolute Gasteiger partial charge is 0.306 e. The zero-order valence-electron chi connectivity index (χ0n) is 27.0. The number of hydrogen-bond donors (Lipinski definition) is 6. The first-order valence-corrected chi connectivity index (χ1v) is 16.0. The van der Waals surface area contributed by atoms with E-state index >= 15 is 4.39 Å². The second-order valence-corrected chi connectivity index (χ2v) is 13.4. The van der Waals surface area contributed by atoms with Gasteiger partial charge < -0.3 is 19.7 Å². The Labute approximate surface area is 276 Å². The van der Waals surface area contributed by atoms with Gasteiger partial charge in [-0.3, -0.25) is 49.7 Å². The molecule has 4 aliphatic carbocycles. The number of ketones is 2. The predicted octanol–water partition coefficient (Wildman–Crippen LogP) is 2.09. The molecule has 4 rings (SSSR count). The van der Waals surface area contributed by atoms with E-state index in [4.69, 9.17) is 30.3 Å². The molecule has 6 N–H and O–H groups in total. The van der Waals surface area contributed by atoms with Crippen LogP contribution in [-0.4, -0.2) is 109 Å². The predicted molar refractivity (Wildman–Crippen MR) is 155 cm³/mol. The van der Waals surface area contributed by atoms with E-state index in [1.54, 1.807) is 13.8 Å². The van der Waals surface area contributed by atoms with Gasteiger partial charge in [0.25, 0.3) is 0 Å². The second-order valence-electron chi connectivity index (χ2n) is 13.4. The van der Waals surface area contributed by atoms with Crippen LogP contribution in [0, 0.1) is 22.7 Å². The number of rotatable bonds is 16. The van der Waals surface area contributed by atoms with E-state index in [1.807, 2.05) is 0 Å². The molecule has 17 heteroatoms. The molecule has 0 bridgehead atoms. The van der Waals surface area contributed by atoms with Gasteiger partial charge in [0, 0.05) is 29.6 Å². The molecule has 3 fully saturated rings. The van der Waals surface area contributed by atoms with Crippen LogP contribution in [0.3, 0.4) is 0 Å². The lowest BCUT2D eigenvalue weighted by Gasteiger charge is -2.62. The molecule has 4 aliphatic rings. The molecule has 0 aromatic heterocycles. The highest BCUT2D eigenvalue weighted by Gasteiger charge is 2.78. The number of aliphatic hydroxyl groups excluding tert-OH is 2. The minimum Gasteiger partial charge on any atom is -0.457 e. The lowest BCUT2D eigenvalue weighted by Crippen LogP contribution is -2.70. The summed E-state index contributed by atoms with van der Waals surface area (Å²) in [6.45, 7) is 1.96. The number of halogens is 1. The van der Waals surface area contributed by atoms with Crippen LogP contribution < -0.4 is 0 Å². The molecule has 0 aromatic rings. The van der Waals surface area contributed by atoms with Gasteiger partial charge in [-0.1, -0.05) is 25.0 Å². The minimum absolute atomic E-state index is 0.00539. The number of unbranched alkanes of at least 4 members (excludes halogenated alkanes) is 2. The van der Waals surface area contributed by atoms with Gasteiger partial charge in [0.2, 0.25) is 11.4 Å². The molecule has 0 aliphatic heterocycles. The molecule has 48 heavy (non-hydrogen) atoms. The van der Waals surface area contributed by atoms with E-state index in [2.05, 4.69) is 9.68 Å². The van der Waals surface area contributed by atoms with Crippen molar-refractivity contribution in [3.63, 3.8) is 0 Å². The van der Waals surface area contributed by atoms with Crippen molar-refractivity contribution in [1.82, 2.24) is 10.8 Å². The number of allylic oxidation sites excluding steroid dienone is 4. The summed E-state index contributed by atoms with van der Waals surface area (Å²) in [5.41, 5.74) is -6.90. The number of carbonyl (C=O) groups is 4. The van der Waals surface area contributed by atoms with Gasteiger partial charge in [0.05, 0.1) is 30.1 Å². The average molecular weight is 689 g/mol. The number of carbonyl (C=O) groups excluding carboxylic acids is 4. The maximum absolute atomic E-state index is 17.6. The molecule has 0 amide bonds. The molecular weight excluding hydrogens is 643 g/mol. The average Bonchev–Trinajstić information content (AvgIpc) is 3.22. The van der Waals surface area contributed by atoms with Crippen LogP contribution in [0.4, 0.5) is 4.39 Å². The fraction of sp³-hybridized carbons (Fsp3) is 0.742. The number of hydrogen-bond acceptors (Lipinski definition) is 16.